The summed E-state index contributed by atoms with van der Waals surface area (Å²) in [5.74, 6) is 0.0328. The van der Waals surface area contributed by atoms with Gasteiger partial charge in [0.2, 0.25) is 5.91 Å². The maximum absolute atomic E-state index is 11.9. The number of benzene rings is 1. The average molecular weight is 300 g/mol. The molecule has 0 bridgehead atoms. The molecule has 118 valence electrons. The molecule has 22 heavy (non-hydrogen) atoms. The molecule has 0 fully saturated rings. The Morgan fingerprint density at radius 3 is 2.59 bits per heavy atom. The van der Waals surface area contributed by atoms with E-state index in [-0.39, 0.29) is 11.4 Å². The minimum absolute atomic E-state index is 0.0328. The van der Waals surface area contributed by atoms with Crippen molar-refractivity contribution >= 4 is 5.91 Å². The fourth-order valence-electron chi connectivity index (χ4n) is 2.23. The van der Waals surface area contributed by atoms with Crippen LogP contribution in [-0.4, -0.2) is 39.7 Å². The molecule has 0 atom stereocenters. The van der Waals surface area contributed by atoms with E-state index in [4.69, 9.17) is 0 Å². The first kappa shape index (κ1) is 16.2. The first-order valence-corrected chi connectivity index (χ1v) is 7.42. The van der Waals surface area contributed by atoms with Gasteiger partial charge in [-0.05, 0) is 40.0 Å². The maximum atomic E-state index is 11.9. The second-order valence-electron chi connectivity index (χ2n) is 6.60. The summed E-state index contributed by atoms with van der Waals surface area (Å²) in [4.78, 5) is 13.9. The molecule has 2 rings (SSSR count). The van der Waals surface area contributed by atoms with Crippen LogP contribution in [0.15, 0.2) is 42.7 Å². The Kier molecular flexibility index (Phi) is 4.98. The van der Waals surface area contributed by atoms with E-state index in [1.807, 2.05) is 80.1 Å². The molecule has 0 aliphatic heterocycles. The molecular formula is C17H24N4O. The fraction of sp³-hybridized carbons (Fsp3) is 0.412. The van der Waals surface area contributed by atoms with Crippen LogP contribution in [0.4, 0.5) is 0 Å². The summed E-state index contributed by atoms with van der Waals surface area (Å²) in [6, 6.07) is 9.98. The maximum Gasteiger partial charge on any atom is 0.234 e. The number of nitrogens with one attached hydrogen (secondary N) is 1. The summed E-state index contributed by atoms with van der Waals surface area (Å²) in [7, 11) is 1.93. The van der Waals surface area contributed by atoms with Crippen molar-refractivity contribution in [3.05, 3.63) is 48.3 Å². The van der Waals surface area contributed by atoms with Gasteiger partial charge in [-0.1, -0.05) is 18.2 Å². The first-order chi connectivity index (χ1) is 10.3. The van der Waals surface area contributed by atoms with Gasteiger partial charge in [0.15, 0.2) is 0 Å². The van der Waals surface area contributed by atoms with E-state index < -0.39 is 0 Å². The van der Waals surface area contributed by atoms with Gasteiger partial charge < -0.3 is 5.32 Å². The minimum Gasteiger partial charge on any atom is -0.350 e. The zero-order valence-corrected chi connectivity index (χ0v) is 13.7. The van der Waals surface area contributed by atoms with Crippen LogP contribution in [0.25, 0.3) is 5.69 Å². The smallest absolute Gasteiger partial charge is 0.234 e. The van der Waals surface area contributed by atoms with Gasteiger partial charge >= 0.3 is 0 Å². The average Bonchev–Trinajstić information content (AvgIpc) is 2.85. The summed E-state index contributed by atoms with van der Waals surface area (Å²) < 4.78 is 1.85. The van der Waals surface area contributed by atoms with Gasteiger partial charge in [-0.15, -0.1) is 0 Å². The fourth-order valence-corrected chi connectivity index (χ4v) is 2.23. The summed E-state index contributed by atoms with van der Waals surface area (Å²) >= 11 is 0. The highest BCUT2D eigenvalue weighted by molar-refractivity contribution is 5.78. The lowest BCUT2D eigenvalue weighted by Crippen LogP contribution is -2.45. The van der Waals surface area contributed by atoms with Crippen LogP contribution in [0.2, 0.25) is 0 Å². The number of aromatic nitrogens is 2. The van der Waals surface area contributed by atoms with Crippen molar-refractivity contribution in [1.29, 1.82) is 0 Å². The van der Waals surface area contributed by atoms with Crippen LogP contribution in [0.3, 0.4) is 0 Å². The number of carbonyl (C=O) groups excluding carboxylic acids is 1. The van der Waals surface area contributed by atoms with Gasteiger partial charge in [0.25, 0.3) is 0 Å². The van der Waals surface area contributed by atoms with Crippen molar-refractivity contribution in [2.45, 2.75) is 32.9 Å². The van der Waals surface area contributed by atoms with E-state index in [1.54, 1.807) is 0 Å². The van der Waals surface area contributed by atoms with E-state index in [2.05, 4.69) is 10.4 Å². The monoisotopic (exact) mass is 300 g/mol. The van der Waals surface area contributed by atoms with Crippen molar-refractivity contribution in [3.8, 4) is 5.69 Å². The number of rotatable bonds is 5. The number of carbonyl (C=O) groups is 1. The van der Waals surface area contributed by atoms with Crippen LogP contribution < -0.4 is 5.32 Å². The number of para-hydroxylation sites is 1. The quantitative estimate of drug-likeness (QED) is 0.921. The van der Waals surface area contributed by atoms with Crippen molar-refractivity contribution in [2.24, 2.45) is 0 Å². The lowest BCUT2D eigenvalue weighted by Gasteiger charge is -2.23. The molecule has 0 saturated heterocycles. The number of nitrogens with zero attached hydrogens (tertiary/aromatic N) is 3. The Hall–Kier alpha value is -2.14. The second-order valence-corrected chi connectivity index (χ2v) is 6.60. The van der Waals surface area contributed by atoms with Crippen molar-refractivity contribution < 1.29 is 4.79 Å². The van der Waals surface area contributed by atoms with E-state index in [0.717, 1.165) is 11.3 Å². The highest BCUT2D eigenvalue weighted by atomic mass is 16.2. The molecule has 0 unspecified atom stereocenters. The molecule has 1 aromatic heterocycles. The summed E-state index contributed by atoms with van der Waals surface area (Å²) in [5, 5.41) is 7.33. The lowest BCUT2D eigenvalue weighted by atomic mass is 10.1. The zero-order valence-electron chi connectivity index (χ0n) is 13.7. The molecule has 0 aliphatic rings. The van der Waals surface area contributed by atoms with E-state index >= 15 is 0 Å². The predicted molar refractivity (Wildman–Crippen MR) is 87.8 cm³/mol. The standard InChI is InChI=1S/C17H24N4O/c1-17(2,3)19-16(22)13-20(4)11-14-10-18-21(12-14)15-8-6-5-7-9-15/h5-10,12H,11,13H2,1-4H3,(H,19,22). The second kappa shape index (κ2) is 6.75. The molecule has 1 amide bonds. The zero-order chi connectivity index (χ0) is 16.2. The highest BCUT2D eigenvalue weighted by Crippen LogP contribution is 2.09. The molecule has 0 aliphatic carbocycles. The van der Waals surface area contributed by atoms with Crippen molar-refractivity contribution in [2.75, 3.05) is 13.6 Å². The lowest BCUT2D eigenvalue weighted by molar-refractivity contribution is -0.123. The van der Waals surface area contributed by atoms with Crippen LogP contribution in [0.5, 0.6) is 0 Å². The third-order valence-corrected chi connectivity index (χ3v) is 3.04. The van der Waals surface area contributed by atoms with Gasteiger partial charge in [-0.25, -0.2) is 4.68 Å². The van der Waals surface area contributed by atoms with E-state index in [1.165, 1.54) is 0 Å². The molecule has 5 heteroatoms. The van der Waals surface area contributed by atoms with Crippen molar-refractivity contribution in [1.82, 2.24) is 20.0 Å². The summed E-state index contributed by atoms with van der Waals surface area (Å²) in [5.41, 5.74) is 1.91. The Bertz CT molecular complexity index is 613. The molecule has 0 radical (unpaired) electrons. The molecule has 0 saturated carbocycles. The Balaban J connectivity index is 1.91. The van der Waals surface area contributed by atoms with Gasteiger partial charge in [0.05, 0.1) is 18.4 Å². The summed E-state index contributed by atoms with van der Waals surface area (Å²) in [6.45, 7) is 7.00. The SMILES string of the molecule is CN(CC(=O)NC(C)(C)C)Cc1cnn(-c2ccccc2)c1. The molecular weight excluding hydrogens is 276 g/mol. The number of amides is 1. The number of hydrogen-bond acceptors (Lipinski definition) is 3. The minimum atomic E-state index is -0.198. The predicted octanol–water partition coefficient (Wildman–Crippen LogP) is 2.22. The summed E-state index contributed by atoms with van der Waals surface area (Å²) in [6.07, 6.45) is 3.83. The molecule has 1 heterocycles. The first-order valence-electron chi connectivity index (χ1n) is 7.42. The topological polar surface area (TPSA) is 50.2 Å². The van der Waals surface area contributed by atoms with Crippen LogP contribution in [0.1, 0.15) is 26.3 Å². The Labute approximate surface area is 131 Å². The third-order valence-electron chi connectivity index (χ3n) is 3.04. The largest absolute Gasteiger partial charge is 0.350 e. The highest BCUT2D eigenvalue weighted by Gasteiger charge is 2.15. The van der Waals surface area contributed by atoms with Crippen LogP contribution in [-0.2, 0) is 11.3 Å². The van der Waals surface area contributed by atoms with Crippen LogP contribution >= 0.6 is 0 Å². The molecule has 5 nitrogen and oxygen atoms in total. The van der Waals surface area contributed by atoms with Crippen molar-refractivity contribution in [3.63, 3.8) is 0 Å². The molecule has 1 N–H and O–H groups in total. The van der Waals surface area contributed by atoms with Gasteiger partial charge in [0.1, 0.15) is 0 Å². The third kappa shape index (κ3) is 5.00. The Morgan fingerprint density at radius 1 is 1.27 bits per heavy atom. The van der Waals surface area contributed by atoms with E-state index in [9.17, 15) is 4.79 Å². The van der Waals surface area contributed by atoms with Crippen LogP contribution in [0, 0.1) is 0 Å². The van der Waals surface area contributed by atoms with E-state index in [0.29, 0.717) is 13.1 Å². The molecule has 2 aromatic rings. The Morgan fingerprint density at radius 2 is 1.95 bits per heavy atom. The van der Waals surface area contributed by atoms with Gasteiger partial charge in [-0.3, -0.25) is 9.69 Å². The van der Waals surface area contributed by atoms with Gasteiger partial charge in [-0.2, -0.15) is 5.10 Å². The molecule has 1 aromatic carbocycles. The molecule has 0 spiro atoms. The normalized spacial score (nSPS) is 11.7. The van der Waals surface area contributed by atoms with Gasteiger partial charge in [0, 0.05) is 23.8 Å². The number of hydrogen-bond donors (Lipinski definition) is 1. The number of likely N-dealkylation sites (N-methyl/N-ethyl adjacent to an activating group) is 1.